The summed E-state index contributed by atoms with van der Waals surface area (Å²) in [5.74, 6) is 4.13. The molecule has 0 bridgehead atoms. The van der Waals surface area contributed by atoms with Crippen LogP contribution in [0.15, 0.2) is 48.1 Å². The first-order valence-electron chi connectivity index (χ1n) is 13.4. The maximum absolute atomic E-state index is 6.69. The molecule has 0 radical (unpaired) electrons. The van der Waals surface area contributed by atoms with Crippen molar-refractivity contribution in [2.24, 2.45) is 35.0 Å². The Kier molecular flexibility index (Phi) is 7.48. The summed E-state index contributed by atoms with van der Waals surface area (Å²) < 4.78 is 6.69. The van der Waals surface area contributed by atoms with Crippen LogP contribution in [0, 0.1) is 35.0 Å². The molecule has 0 N–H and O–H groups in total. The van der Waals surface area contributed by atoms with E-state index in [1.165, 1.54) is 63.1 Å². The van der Waals surface area contributed by atoms with Gasteiger partial charge in [0.05, 0.1) is 0 Å². The largest absolute Gasteiger partial charge is 0.417 e. The second kappa shape index (κ2) is 9.95. The third-order valence-electron chi connectivity index (χ3n) is 9.89. The first kappa shape index (κ1) is 23.3. The lowest BCUT2D eigenvalue weighted by Crippen LogP contribution is -2.39. The Labute approximate surface area is 193 Å². The minimum Gasteiger partial charge on any atom is -0.417 e. The topological polar surface area (TPSA) is 9.23 Å². The van der Waals surface area contributed by atoms with E-state index >= 15 is 0 Å². The lowest BCUT2D eigenvalue weighted by atomic mass is 9.60. The van der Waals surface area contributed by atoms with Gasteiger partial charge in [-0.25, -0.2) is 0 Å². The lowest BCUT2D eigenvalue weighted by Gasteiger charge is -2.45. The van der Waals surface area contributed by atoms with Crippen LogP contribution in [-0.4, -0.2) is 14.9 Å². The van der Waals surface area contributed by atoms with Crippen molar-refractivity contribution >= 4 is 8.32 Å². The minimum absolute atomic E-state index is 0.302. The molecule has 0 aliphatic heterocycles. The van der Waals surface area contributed by atoms with Gasteiger partial charge in [-0.2, -0.15) is 0 Å². The number of allylic oxidation sites excluding steroid dienone is 8. The number of rotatable bonds is 10. The molecule has 4 aliphatic carbocycles. The molecule has 0 aromatic heterocycles. The van der Waals surface area contributed by atoms with Gasteiger partial charge in [-0.1, -0.05) is 88.6 Å². The highest BCUT2D eigenvalue weighted by Gasteiger charge is 2.56. The normalized spacial score (nSPS) is 33.8. The van der Waals surface area contributed by atoms with E-state index in [4.69, 9.17) is 4.43 Å². The predicted octanol–water partition coefficient (Wildman–Crippen LogP) is 8.48. The molecule has 4 aliphatic rings. The number of fused-ring (bicyclic) bond motifs is 3. The third kappa shape index (κ3) is 4.36. The molecule has 0 aromatic rings. The van der Waals surface area contributed by atoms with Crippen molar-refractivity contribution in [1.82, 2.24) is 0 Å². The molecule has 0 saturated heterocycles. The molecule has 2 heteroatoms. The van der Waals surface area contributed by atoms with Gasteiger partial charge >= 0.3 is 0 Å². The van der Waals surface area contributed by atoms with Crippen LogP contribution < -0.4 is 0 Å². The molecule has 0 heterocycles. The quantitative estimate of drug-likeness (QED) is 0.245. The summed E-state index contributed by atoms with van der Waals surface area (Å²) in [6, 6.07) is 3.79. The molecule has 6 atom stereocenters. The first-order chi connectivity index (χ1) is 15.1. The van der Waals surface area contributed by atoms with Crippen LogP contribution in [0.5, 0.6) is 0 Å². The highest BCUT2D eigenvalue weighted by atomic mass is 28.4. The van der Waals surface area contributed by atoms with E-state index < -0.39 is 8.32 Å². The second-order valence-electron chi connectivity index (χ2n) is 11.0. The SMILES string of the molecule is CC[Si](CC)(CC)OCCCC(C)(C1=CC=CC1)C1C2C=CC=CC2C2CCCCC21. The van der Waals surface area contributed by atoms with Gasteiger partial charge in [0.1, 0.15) is 0 Å². The Morgan fingerprint density at radius 3 is 2.26 bits per heavy atom. The van der Waals surface area contributed by atoms with Crippen molar-refractivity contribution in [3.8, 4) is 0 Å². The van der Waals surface area contributed by atoms with Crippen molar-refractivity contribution in [1.29, 1.82) is 0 Å². The fraction of sp³-hybridized carbons (Fsp3) is 0.724. The molecule has 31 heavy (non-hydrogen) atoms. The molecule has 2 saturated carbocycles. The second-order valence-corrected chi connectivity index (χ2v) is 15.8. The van der Waals surface area contributed by atoms with Gasteiger partial charge < -0.3 is 4.43 Å². The summed E-state index contributed by atoms with van der Waals surface area (Å²) in [5, 5.41) is 0. The smallest absolute Gasteiger partial charge is 0.191 e. The summed E-state index contributed by atoms with van der Waals surface area (Å²) >= 11 is 0. The van der Waals surface area contributed by atoms with Crippen LogP contribution in [0.25, 0.3) is 0 Å². The Balaban J connectivity index is 1.54. The standard InChI is InChI=1S/C29H46OSi/c1-5-31(6-2,7-3)30-22-14-21-29(4,23-15-8-9-16-23)28-26-19-12-10-17-24(26)25-18-11-13-20-27(25)28/h8-10,12,15,17,19,24-28H,5-7,11,13-14,16,18,20-22H2,1-4H3. The minimum atomic E-state index is -1.48. The average Bonchev–Trinajstić information content (AvgIpc) is 3.47. The first-order valence-corrected chi connectivity index (χ1v) is 16.0. The van der Waals surface area contributed by atoms with Crippen molar-refractivity contribution in [3.05, 3.63) is 48.1 Å². The molecule has 6 unspecified atom stereocenters. The van der Waals surface area contributed by atoms with E-state index in [2.05, 4.69) is 70.2 Å². The van der Waals surface area contributed by atoms with Crippen molar-refractivity contribution < 1.29 is 4.43 Å². The van der Waals surface area contributed by atoms with E-state index in [-0.39, 0.29) is 0 Å². The van der Waals surface area contributed by atoms with Gasteiger partial charge in [-0.15, -0.1) is 0 Å². The summed E-state index contributed by atoms with van der Waals surface area (Å²) in [7, 11) is -1.48. The molecule has 0 aromatic carbocycles. The fourth-order valence-corrected chi connectivity index (χ4v) is 10.6. The summed E-state index contributed by atoms with van der Waals surface area (Å²) in [4.78, 5) is 0. The zero-order valence-electron chi connectivity index (χ0n) is 20.6. The molecule has 4 rings (SSSR count). The van der Waals surface area contributed by atoms with Gasteiger partial charge in [0.25, 0.3) is 0 Å². The number of hydrogen-bond donors (Lipinski definition) is 0. The van der Waals surface area contributed by atoms with Gasteiger partial charge in [0, 0.05) is 6.61 Å². The Morgan fingerprint density at radius 1 is 0.935 bits per heavy atom. The Hall–Kier alpha value is -0.863. The van der Waals surface area contributed by atoms with E-state index in [1.807, 2.05) is 0 Å². The van der Waals surface area contributed by atoms with Crippen LogP contribution in [0.4, 0.5) is 0 Å². The van der Waals surface area contributed by atoms with Crippen molar-refractivity contribution in [3.63, 3.8) is 0 Å². The fourth-order valence-electron chi connectivity index (χ4n) is 7.92. The van der Waals surface area contributed by atoms with Crippen LogP contribution >= 0.6 is 0 Å². The molecule has 0 amide bonds. The molecule has 0 spiro atoms. The van der Waals surface area contributed by atoms with Crippen molar-refractivity contribution in [2.75, 3.05) is 6.61 Å². The van der Waals surface area contributed by atoms with E-state index in [9.17, 15) is 0 Å². The third-order valence-corrected chi connectivity index (χ3v) is 14.6. The Bertz CT molecular complexity index is 719. The van der Waals surface area contributed by atoms with Gasteiger partial charge in [0.15, 0.2) is 8.32 Å². The van der Waals surface area contributed by atoms with Crippen LogP contribution in [0.3, 0.4) is 0 Å². The summed E-state index contributed by atoms with van der Waals surface area (Å²) in [6.45, 7) is 10.7. The van der Waals surface area contributed by atoms with Gasteiger partial charge in [-0.05, 0) is 85.2 Å². The Morgan fingerprint density at radius 2 is 1.61 bits per heavy atom. The highest BCUT2D eigenvalue weighted by molar-refractivity contribution is 6.73. The maximum Gasteiger partial charge on any atom is 0.191 e. The molecule has 1 nitrogen and oxygen atoms in total. The monoisotopic (exact) mass is 438 g/mol. The highest BCUT2D eigenvalue weighted by Crippen LogP contribution is 2.62. The zero-order valence-corrected chi connectivity index (χ0v) is 21.6. The van der Waals surface area contributed by atoms with Gasteiger partial charge in [-0.3, -0.25) is 0 Å². The average molecular weight is 439 g/mol. The van der Waals surface area contributed by atoms with Crippen LogP contribution in [0.1, 0.15) is 72.6 Å². The summed E-state index contributed by atoms with van der Waals surface area (Å²) in [6.07, 6.45) is 26.5. The predicted molar refractivity (Wildman–Crippen MR) is 137 cm³/mol. The molecular formula is C29H46OSi. The van der Waals surface area contributed by atoms with E-state index in [1.54, 1.807) is 5.57 Å². The van der Waals surface area contributed by atoms with E-state index in [0.29, 0.717) is 5.41 Å². The number of hydrogen-bond acceptors (Lipinski definition) is 1. The maximum atomic E-state index is 6.69. The van der Waals surface area contributed by atoms with Crippen molar-refractivity contribution in [2.45, 2.75) is 90.8 Å². The summed E-state index contributed by atoms with van der Waals surface area (Å²) in [5.41, 5.74) is 2.01. The molecule has 2 fully saturated rings. The van der Waals surface area contributed by atoms with Crippen LogP contribution in [0.2, 0.25) is 18.1 Å². The van der Waals surface area contributed by atoms with Gasteiger partial charge in [0.2, 0.25) is 0 Å². The molecule has 172 valence electrons. The molecular weight excluding hydrogens is 392 g/mol. The van der Waals surface area contributed by atoms with E-state index in [0.717, 1.165) is 36.2 Å². The lowest BCUT2D eigenvalue weighted by molar-refractivity contribution is 0.0995. The zero-order chi connectivity index (χ0) is 21.9. The van der Waals surface area contributed by atoms with Crippen LogP contribution in [-0.2, 0) is 4.43 Å².